The number of sulfonamides is 1. The second kappa shape index (κ2) is 6.46. The molecule has 1 aliphatic carbocycles. The monoisotopic (exact) mass is 319 g/mol. The van der Waals surface area contributed by atoms with Crippen molar-refractivity contribution < 1.29 is 13.5 Å². The van der Waals surface area contributed by atoms with Gasteiger partial charge in [-0.1, -0.05) is 13.3 Å². The summed E-state index contributed by atoms with van der Waals surface area (Å²) in [5, 5.41) is 16.0. The number of hydrogen-bond acceptors (Lipinski definition) is 5. The zero-order valence-corrected chi connectivity index (χ0v) is 13.4. The maximum atomic E-state index is 12.5. The molecule has 0 radical (unpaired) electrons. The molecule has 1 aromatic heterocycles. The fraction of sp³-hybridized carbons (Fsp3) is 0.750. The van der Waals surface area contributed by atoms with Crippen LogP contribution in [0.1, 0.15) is 37.6 Å². The number of aliphatic hydroxyl groups excluding tert-OH is 1. The van der Waals surface area contributed by atoms with Gasteiger partial charge in [0.25, 0.3) is 0 Å². The highest BCUT2D eigenvalue weighted by Crippen LogP contribution is 2.31. The minimum atomic E-state index is -3.64. The summed E-state index contributed by atoms with van der Waals surface area (Å²) in [4.78, 5) is 0.0900. The number of rotatable bonds is 6. The molecule has 2 unspecified atom stereocenters. The standard InChI is InChI=1S/C12H21N3O3S2/c1-3-19-11-6-4-5-9(11)15-20(17,18)12-8(2)13-14-10(12)7-16/h9,11,15-16H,3-7H2,1-2H3,(H,13,14). The van der Waals surface area contributed by atoms with Gasteiger partial charge in [-0.05, 0) is 25.5 Å². The third kappa shape index (κ3) is 3.19. The molecule has 1 saturated carbocycles. The Bertz CT molecular complexity index is 556. The number of aromatic amines is 1. The quantitative estimate of drug-likeness (QED) is 0.731. The average Bonchev–Trinajstić information content (AvgIpc) is 2.97. The number of hydrogen-bond donors (Lipinski definition) is 3. The van der Waals surface area contributed by atoms with E-state index in [1.54, 1.807) is 18.7 Å². The molecule has 6 nitrogen and oxygen atoms in total. The molecule has 114 valence electrons. The van der Waals surface area contributed by atoms with Crippen LogP contribution < -0.4 is 4.72 Å². The summed E-state index contributed by atoms with van der Waals surface area (Å²) in [6.07, 6.45) is 2.95. The smallest absolute Gasteiger partial charge is 0.244 e. The first-order chi connectivity index (χ1) is 9.49. The molecule has 1 aromatic rings. The van der Waals surface area contributed by atoms with Crippen LogP contribution in [0.4, 0.5) is 0 Å². The first-order valence-electron chi connectivity index (χ1n) is 6.78. The summed E-state index contributed by atoms with van der Waals surface area (Å²) in [5.41, 5.74) is 0.631. The molecular weight excluding hydrogens is 298 g/mol. The van der Waals surface area contributed by atoms with Crippen LogP contribution in [-0.4, -0.2) is 40.8 Å². The molecular formula is C12H21N3O3S2. The van der Waals surface area contributed by atoms with Crippen LogP contribution in [-0.2, 0) is 16.6 Å². The van der Waals surface area contributed by atoms with Crippen molar-refractivity contribution in [3.8, 4) is 0 Å². The lowest BCUT2D eigenvalue weighted by Crippen LogP contribution is -2.39. The van der Waals surface area contributed by atoms with Crippen LogP contribution in [0.15, 0.2) is 4.90 Å². The SMILES string of the molecule is CCSC1CCCC1NS(=O)(=O)c1c(CO)n[nH]c1C. The van der Waals surface area contributed by atoms with E-state index in [0.29, 0.717) is 10.9 Å². The van der Waals surface area contributed by atoms with Crippen LogP contribution >= 0.6 is 11.8 Å². The average molecular weight is 319 g/mol. The van der Waals surface area contributed by atoms with Crippen LogP contribution in [0.25, 0.3) is 0 Å². The number of aromatic nitrogens is 2. The summed E-state index contributed by atoms with van der Waals surface area (Å²) in [5.74, 6) is 0.982. The van der Waals surface area contributed by atoms with Crippen molar-refractivity contribution in [1.29, 1.82) is 0 Å². The predicted octanol–water partition coefficient (Wildman–Crippen LogP) is 1.16. The highest BCUT2D eigenvalue weighted by Gasteiger charge is 2.33. The zero-order valence-electron chi connectivity index (χ0n) is 11.7. The van der Waals surface area contributed by atoms with Gasteiger partial charge in [0.05, 0.1) is 12.3 Å². The predicted molar refractivity (Wildman–Crippen MR) is 79.1 cm³/mol. The Morgan fingerprint density at radius 2 is 2.25 bits per heavy atom. The van der Waals surface area contributed by atoms with E-state index in [-0.39, 0.29) is 16.6 Å². The fourth-order valence-electron chi connectivity index (χ4n) is 2.67. The minimum absolute atomic E-state index is 0.0363. The molecule has 2 atom stereocenters. The number of H-pyrrole nitrogens is 1. The number of nitrogens with one attached hydrogen (secondary N) is 2. The number of nitrogens with zero attached hydrogens (tertiary/aromatic N) is 1. The van der Waals surface area contributed by atoms with Crippen molar-refractivity contribution in [2.75, 3.05) is 5.75 Å². The second-order valence-electron chi connectivity index (χ2n) is 4.94. The van der Waals surface area contributed by atoms with Gasteiger partial charge in [-0.3, -0.25) is 5.10 Å². The molecule has 8 heteroatoms. The van der Waals surface area contributed by atoms with E-state index in [4.69, 9.17) is 0 Å². The van der Waals surface area contributed by atoms with E-state index in [2.05, 4.69) is 21.8 Å². The highest BCUT2D eigenvalue weighted by atomic mass is 32.2. The maximum absolute atomic E-state index is 12.5. The topological polar surface area (TPSA) is 95.1 Å². The molecule has 0 saturated heterocycles. The largest absolute Gasteiger partial charge is 0.390 e. The number of aryl methyl sites for hydroxylation is 1. The maximum Gasteiger partial charge on any atom is 0.244 e. The van der Waals surface area contributed by atoms with E-state index in [1.807, 2.05) is 0 Å². The van der Waals surface area contributed by atoms with Crippen molar-refractivity contribution in [3.05, 3.63) is 11.4 Å². The molecule has 1 heterocycles. The lowest BCUT2D eigenvalue weighted by molar-refractivity contribution is 0.273. The normalized spacial score (nSPS) is 23.4. The minimum Gasteiger partial charge on any atom is -0.390 e. The Labute approximate surface area is 123 Å². The van der Waals surface area contributed by atoms with E-state index in [1.165, 1.54) is 0 Å². The van der Waals surface area contributed by atoms with E-state index >= 15 is 0 Å². The molecule has 2 rings (SSSR count). The molecule has 1 fully saturated rings. The van der Waals surface area contributed by atoms with Gasteiger partial charge in [-0.15, -0.1) is 0 Å². The Morgan fingerprint density at radius 1 is 1.50 bits per heavy atom. The first-order valence-corrected chi connectivity index (χ1v) is 9.31. The van der Waals surface area contributed by atoms with Crippen LogP contribution in [0.5, 0.6) is 0 Å². The number of aliphatic hydroxyl groups is 1. The lowest BCUT2D eigenvalue weighted by Gasteiger charge is -2.20. The zero-order chi connectivity index (χ0) is 14.8. The van der Waals surface area contributed by atoms with Crippen molar-refractivity contribution in [3.63, 3.8) is 0 Å². The van der Waals surface area contributed by atoms with Gasteiger partial charge in [-0.25, -0.2) is 13.1 Å². The number of thioether (sulfide) groups is 1. The van der Waals surface area contributed by atoms with Crippen LogP contribution in [0.2, 0.25) is 0 Å². The Hall–Kier alpha value is -0.570. The summed E-state index contributed by atoms with van der Waals surface area (Å²) >= 11 is 1.80. The van der Waals surface area contributed by atoms with Crippen molar-refractivity contribution in [2.24, 2.45) is 0 Å². The van der Waals surface area contributed by atoms with Gasteiger partial charge < -0.3 is 5.11 Å². The van der Waals surface area contributed by atoms with Crippen LogP contribution in [0, 0.1) is 6.92 Å². The summed E-state index contributed by atoms with van der Waals surface area (Å²) in [7, 11) is -3.64. The van der Waals surface area contributed by atoms with Crippen molar-refractivity contribution in [2.45, 2.75) is 55.9 Å². The molecule has 3 N–H and O–H groups in total. The van der Waals surface area contributed by atoms with Crippen LogP contribution in [0.3, 0.4) is 0 Å². The molecule has 1 aliphatic rings. The molecule has 20 heavy (non-hydrogen) atoms. The van der Waals surface area contributed by atoms with Gasteiger partial charge >= 0.3 is 0 Å². The van der Waals surface area contributed by atoms with E-state index in [9.17, 15) is 13.5 Å². The summed E-state index contributed by atoms with van der Waals surface area (Å²) < 4.78 is 27.8. The van der Waals surface area contributed by atoms with Gasteiger partial charge in [0.15, 0.2) is 0 Å². The van der Waals surface area contributed by atoms with Crippen molar-refractivity contribution in [1.82, 2.24) is 14.9 Å². The van der Waals surface area contributed by atoms with Gasteiger partial charge in [-0.2, -0.15) is 16.9 Å². The van der Waals surface area contributed by atoms with Gasteiger partial charge in [0.2, 0.25) is 10.0 Å². The molecule has 0 amide bonds. The summed E-state index contributed by atoms with van der Waals surface area (Å²) in [6.45, 7) is 3.34. The van der Waals surface area contributed by atoms with Gasteiger partial charge in [0, 0.05) is 11.3 Å². The molecule has 0 aliphatic heterocycles. The Balaban J connectivity index is 2.21. The third-order valence-corrected chi connectivity index (χ3v) is 6.54. The van der Waals surface area contributed by atoms with Crippen molar-refractivity contribution >= 4 is 21.8 Å². The fourth-order valence-corrected chi connectivity index (χ4v) is 5.62. The molecule has 0 spiro atoms. The molecule has 0 aromatic carbocycles. The first kappa shape index (κ1) is 15.8. The highest BCUT2D eigenvalue weighted by molar-refractivity contribution is 8.00. The van der Waals surface area contributed by atoms with E-state index in [0.717, 1.165) is 25.0 Å². The molecule has 0 bridgehead atoms. The Morgan fingerprint density at radius 3 is 2.90 bits per heavy atom. The van der Waals surface area contributed by atoms with E-state index < -0.39 is 16.6 Å². The lowest BCUT2D eigenvalue weighted by atomic mass is 10.3. The third-order valence-electron chi connectivity index (χ3n) is 3.52. The summed E-state index contributed by atoms with van der Waals surface area (Å²) in [6, 6.07) is -0.0363. The Kier molecular flexibility index (Phi) is 5.11. The van der Waals surface area contributed by atoms with Gasteiger partial charge in [0.1, 0.15) is 10.6 Å². The second-order valence-corrected chi connectivity index (χ2v) is 8.10.